The van der Waals surface area contributed by atoms with Crippen molar-refractivity contribution in [2.45, 2.75) is 13.3 Å². The van der Waals surface area contributed by atoms with Crippen LogP contribution in [0.25, 0.3) is 0 Å². The molecule has 4 heteroatoms. The smallest absolute Gasteiger partial charge is 0.219 e. The van der Waals surface area contributed by atoms with E-state index in [4.69, 9.17) is 0 Å². The van der Waals surface area contributed by atoms with E-state index in [0.717, 1.165) is 26.1 Å². The molecule has 1 aliphatic heterocycles. The molecule has 0 aromatic heterocycles. The molecular weight excluding hydrogens is 176 g/mol. The highest BCUT2D eigenvalue weighted by Gasteiger charge is 2.22. The van der Waals surface area contributed by atoms with E-state index in [-0.39, 0.29) is 18.3 Å². The Morgan fingerprint density at radius 3 is 2.75 bits per heavy atom. The largest absolute Gasteiger partial charge is 0.343 e. The van der Waals surface area contributed by atoms with E-state index in [1.807, 2.05) is 11.9 Å². The van der Waals surface area contributed by atoms with Crippen LogP contribution in [0.5, 0.6) is 0 Å². The van der Waals surface area contributed by atoms with Crippen molar-refractivity contribution in [1.82, 2.24) is 10.2 Å². The molecule has 1 unspecified atom stereocenters. The molecule has 1 atom stereocenters. The molecule has 1 rings (SSSR count). The minimum atomic E-state index is 0. The minimum Gasteiger partial charge on any atom is -0.343 e. The molecule has 1 heterocycles. The first-order chi connectivity index (χ1) is 5.24. The fourth-order valence-corrected chi connectivity index (χ4v) is 1.57. The van der Waals surface area contributed by atoms with Crippen molar-refractivity contribution in [3.63, 3.8) is 0 Å². The number of nitrogens with one attached hydrogen (secondary N) is 1. The normalized spacial score (nSPS) is 22.2. The van der Waals surface area contributed by atoms with Crippen LogP contribution in [0.3, 0.4) is 0 Å². The van der Waals surface area contributed by atoms with E-state index >= 15 is 0 Å². The first-order valence-corrected chi connectivity index (χ1v) is 4.14. The van der Waals surface area contributed by atoms with Gasteiger partial charge < -0.3 is 10.2 Å². The van der Waals surface area contributed by atoms with Crippen LogP contribution < -0.4 is 5.32 Å². The molecule has 3 nitrogen and oxygen atoms in total. The number of amides is 1. The Bertz CT molecular complexity index is 152. The van der Waals surface area contributed by atoms with Gasteiger partial charge in [-0.05, 0) is 25.9 Å². The van der Waals surface area contributed by atoms with Crippen molar-refractivity contribution in [3.8, 4) is 0 Å². The van der Waals surface area contributed by atoms with Crippen molar-refractivity contribution in [1.29, 1.82) is 0 Å². The molecule has 1 amide bonds. The monoisotopic (exact) mass is 192 g/mol. The van der Waals surface area contributed by atoms with Gasteiger partial charge in [-0.2, -0.15) is 0 Å². The van der Waals surface area contributed by atoms with E-state index in [2.05, 4.69) is 5.32 Å². The third-order valence-corrected chi connectivity index (χ3v) is 2.22. The lowest BCUT2D eigenvalue weighted by molar-refractivity contribution is -0.127. The highest BCUT2D eigenvalue weighted by atomic mass is 35.5. The molecule has 0 spiro atoms. The molecule has 1 saturated heterocycles. The predicted molar refractivity (Wildman–Crippen MR) is 51.5 cm³/mol. The molecule has 0 saturated carbocycles. The molecule has 1 aliphatic rings. The lowest BCUT2D eigenvalue weighted by atomic mass is 10.1. The number of halogens is 1. The van der Waals surface area contributed by atoms with Crippen LogP contribution in [-0.4, -0.2) is 37.5 Å². The van der Waals surface area contributed by atoms with Gasteiger partial charge in [-0.3, -0.25) is 4.79 Å². The third-order valence-electron chi connectivity index (χ3n) is 2.22. The van der Waals surface area contributed by atoms with Crippen molar-refractivity contribution in [3.05, 3.63) is 0 Å². The zero-order valence-corrected chi connectivity index (χ0v) is 8.49. The van der Waals surface area contributed by atoms with E-state index in [1.165, 1.54) is 0 Å². The first-order valence-electron chi connectivity index (χ1n) is 4.14. The number of likely N-dealkylation sites (tertiary alicyclic amines) is 1. The quantitative estimate of drug-likeness (QED) is 0.691. The second kappa shape index (κ2) is 5.38. The van der Waals surface area contributed by atoms with Crippen LogP contribution >= 0.6 is 12.4 Å². The van der Waals surface area contributed by atoms with Gasteiger partial charge in [0.25, 0.3) is 0 Å². The first kappa shape index (κ1) is 11.7. The number of carbonyl (C=O) groups excluding carboxylic acids is 1. The summed E-state index contributed by atoms with van der Waals surface area (Å²) >= 11 is 0. The summed E-state index contributed by atoms with van der Waals surface area (Å²) in [5.41, 5.74) is 0. The summed E-state index contributed by atoms with van der Waals surface area (Å²) in [7, 11) is 1.95. The Labute approximate surface area is 79.9 Å². The van der Waals surface area contributed by atoms with Gasteiger partial charge in [-0.15, -0.1) is 12.4 Å². The second-order valence-electron chi connectivity index (χ2n) is 3.18. The zero-order chi connectivity index (χ0) is 8.27. The van der Waals surface area contributed by atoms with Crippen molar-refractivity contribution < 1.29 is 4.79 Å². The summed E-state index contributed by atoms with van der Waals surface area (Å²) < 4.78 is 0. The Hall–Kier alpha value is -0.280. The maximum absolute atomic E-state index is 10.9. The van der Waals surface area contributed by atoms with Gasteiger partial charge >= 0.3 is 0 Å². The topological polar surface area (TPSA) is 32.3 Å². The molecule has 0 aliphatic carbocycles. The number of rotatable bonds is 2. The molecule has 0 aromatic rings. The maximum Gasteiger partial charge on any atom is 0.219 e. The van der Waals surface area contributed by atoms with Gasteiger partial charge in [0.2, 0.25) is 5.91 Å². The fourth-order valence-electron chi connectivity index (χ4n) is 1.57. The average molecular weight is 193 g/mol. The summed E-state index contributed by atoms with van der Waals surface area (Å²) in [6, 6.07) is 0. The van der Waals surface area contributed by atoms with E-state index < -0.39 is 0 Å². The molecule has 72 valence electrons. The third kappa shape index (κ3) is 2.99. The Balaban J connectivity index is 0.00000121. The Morgan fingerprint density at radius 1 is 1.67 bits per heavy atom. The average Bonchev–Trinajstić information content (AvgIpc) is 2.37. The summed E-state index contributed by atoms with van der Waals surface area (Å²) in [4.78, 5) is 12.8. The zero-order valence-electron chi connectivity index (χ0n) is 7.67. The van der Waals surface area contributed by atoms with E-state index in [1.54, 1.807) is 6.92 Å². The molecule has 12 heavy (non-hydrogen) atoms. The Morgan fingerprint density at radius 2 is 2.33 bits per heavy atom. The molecule has 0 bridgehead atoms. The molecule has 1 fully saturated rings. The van der Waals surface area contributed by atoms with Crippen LogP contribution in [0, 0.1) is 5.92 Å². The number of carbonyl (C=O) groups is 1. The lowest BCUT2D eigenvalue weighted by Crippen LogP contribution is -2.28. The van der Waals surface area contributed by atoms with E-state index in [0.29, 0.717) is 5.92 Å². The van der Waals surface area contributed by atoms with Crippen LogP contribution in [0.15, 0.2) is 0 Å². The van der Waals surface area contributed by atoms with Crippen LogP contribution in [-0.2, 0) is 4.79 Å². The summed E-state index contributed by atoms with van der Waals surface area (Å²) in [6.45, 7) is 4.56. The fraction of sp³-hybridized carbons (Fsp3) is 0.875. The Kier molecular flexibility index (Phi) is 5.25. The number of nitrogens with zero attached hydrogens (tertiary/aromatic N) is 1. The number of hydrogen-bond acceptors (Lipinski definition) is 2. The van der Waals surface area contributed by atoms with Crippen LogP contribution in [0.1, 0.15) is 13.3 Å². The van der Waals surface area contributed by atoms with Gasteiger partial charge in [0.1, 0.15) is 0 Å². The number of hydrogen-bond donors (Lipinski definition) is 1. The van der Waals surface area contributed by atoms with Crippen LogP contribution in [0.2, 0.25) is 0 Å². The molecule has 0 radical (unpaired) electrons. The SMILES string of the molecule is CNCC1CCN(C(C)=O)C1.Cl. The van der Waals surface area contributed by atoms with Crippen molar-refractivity contribution >= 4 is 18.3 Å². The lowest BCUT2D eigenvalue weighted by Gasteiger charge is -2.13. The van der Waals surface area contributed by atoms with Gasteiger partial charge in [0.05, 0.1) is 0 Å². The van der Waals surface area contributed by atoms with Crippen molar-refractivity contribution in [2.75, 3.05) is 26.7 Å². The van der Waals surface area contributed by atoms with Gasteiger partial charge in [0.15, 0.2) is 0 Å². The van der Waals surface area contributed by atoms with Gasteiger partial charge in [0, 0.05) is 20.0 Å². The van der Waals surface area contributed by atoms with Crippen molar-refractivity contribution in [2.24, 2.45) is 5.92 Å². The van der Waals surface area contributed by atoms with E-state index in [9.17, 15) is 4.79 Å². The molecule has 1 N–H and O–H groups in total. The van der Waals surface area contributed by atoms with Crippen LogP contribution in [0.4, 0.5) is 0 Å². The minimum absolute atomic E-state index is 0. The standard InChI is InChI=1S/C8H16N2O.ClH/c1-7(11)10-4-3-8(6-10)5-9-2;/h8-9H,3-6H2,1-2H3;1H. The summed E-state index contributed by atoms with van der Waals surface area (Å²) in [6.07, 6.45) is 1.15. The molecular formula is C8H17ClN2O. The highest BCUT2D eigenvalue weighted by molar-refractivity contribution is 5.85. The van der Waals surface area contributed by atoms with Gasteiger partial charge in [-0.25, -0.2) is 0 Å². The van der Waals surface area contributed by atoms with Gasteiger partial charge in [-0.1, -0.05) is 0 Å². The summed E-state index contributed by atoms with van der Waals surface area (Å²) in [5, 5.41) is 3.13. The maximum atomic E-state index is 10.9. The predicted octanol–water partition coefficient (Wildman–Crippen LogP) is 0.496. The second-order valence-corrected chi connectivity index (χ2v) is 3.18. The highest BCUT2D eigenvalue weighted by Crippen LogP contribution is 2.14. The summed E-state index contributed by atoms with van der Waals surface area (Å²) in [5.74, 6) is 0.882. The molecule has 0 aromatic carbocycles.